The Balaban J connectivity index is 2.35. The van der Waals surface area contributed by atoms with Crippen LogP contribution in [0.2, 0.25) is 0 Å². The normalized spacial score (nSPS) is 12.3. The predicted octanol–water partition coefficient (Wildman–Crippen LogP) is 2.30. The van der Waals surface area contributed by atoms with Gasteiger partial charge >= 0.3 is 0 Å². The molecule has 0 saturated carbocycles. The Kier molecular flexibility index (Phi) is 4.27. The summed E-state index contributed by atoms with van der Waals surface area (Å²) in [5.41, 5.74) is 6.40. The van der Waals surface area contributed by atoms with Crippen molar-refractivity contribution in [2.24, 2.45) is 0 Å². The van der Waals surface area contributed by atoms with Crippen LogP contribution in [0, 0.1) is 0 Å². The number of fused-ring (bicyclic) bond motifs is 1. The van der Waals surface area contributed by atoms with Gasteiger partial charge in [0.15, 0.2) is 0 Å². The van der Waals surface area contributed by atoms with Crippen LogP contribution in [0.1, 0.15) is 17.3 Å². The zero-order chi connectivity index (χ0) is 13.8. The Morgan fingerprint density at radius 3 is 2.79 bits per heavy atom. The lowest BCUT2D eigenvalue weighted by atomic mass is 10.1. The van der Waals surface area contributed by atoms with Gasteiger partial charge in [-0.3, -0.25) is 4.79 Å². The summed E-state index contributed by atoms with van der Waals surface area (Å²) in [6.45, 7) is 1.99. The van der Waals surface area contributed by atoms with E-state index in [2.05, 4.69) is 10.3 Å². The number of benzene rings is 1. The second-order valence-corrected chi connectivity index (χ2v) is 5.34. The summed E-state index contributed by atoms with van der Waals surface area (Å²) in [6.07, 6.45) is 3.56. The highest BCUT2D eigenvalue weighted by atomic mass is 32.2. The average Bonchev–Trinajstić information content (AvgIpc) is 2.39. The van der Waals surface area contributed by atoms with E-state index in [0.29, 0.717) is 11.4 Å². The molecule has 0 saturated heterocycles. The fourth-order valence-electron chi connectivity index (χ4n) is 1.99. The Bertz CT molecular complexity index is 600. The van der Waals surface area contributed by atoms with Gasteiger partial charge in [0.05, 0.1) is 5.56 Å². The molecule has 2 rings (SSSR count). The van der Waals surface area contributed by atoms with Crippen molar-refractivity contribution in [1.29, 1.82) is 0 Å². The lowest BCUT2D eigenvalue weighted by Gasteiger charge is -2.13. The van der Waals surface area contributed by atoms with E-state index in [1.165, 1.54) is 0 Å². The molecule has 1 amide bonds. The number of nitrogens with one attached hydrogen (secondary N) is 1. The minimum Gasteiger partial charge on any atom is -0.383 e. The maximum absolute atomic E-state index is 12.3. The summed E-state index contributed by atoms with van der Waals surface area (Å²) in [6, 6.07) is 7.67. The van der Waals surface area contributed by atoms with Gasteiger partial charge in [0, 0.05) is 23.4 Å². The number of aromatic nitrogens is 1. The van der Waals surface area contributed by atoms with Crippen LogP contribution in [0.5, 0.6) is 0 Å². The molecule has 1 aromatic heterocycles. The number of carbonyl (C=O) groups excluding carboxylic acids is 1. The van der Waals surface area contributed by atoms with Crippen LogP contribution in [0.4, 0.5) is 5.82 Å². The molecule has 4 nitrogen and oxygen atoms in total. The highest BCUT2D eigenvalue weighted by molar-refractivity contribution is 7.98. The molecule has 1 atom stereocenters. The Hall–Kier alpha value is -1.75. The summed E-state index contributed by atoms with van der Waals surface area (Å²) in [5.74, 6) is 1.22. The van der Waals surface area contributed by atoms with Gasteiger partial charge in [-0.05, 0) is 18.6 Å². The SMILES string of the molecule is CSCC(C)NC(=O)c1cnc(N)c2ccccc12. The molecule has 0 aliphatic rings. The lowest BCUT2D eigenvalue weighted by molar-refractivity contribution is 0.0945. The minimum atomic E-state index is -0.106. The van der Waals surface area contributed by atoms with E-state index in [-0.39, 0.29) is 11.9 Å². The number of nitrogens with zero attached hydrogens (tertiary/aromatic N) is 1. The first-order valence-electron chi connectivity index (χ1n) is 6.06. The topological polar surface area (TPSA) is 68.0 Å². The van der Waals surface area contributed by atoms with Crippen LogP contribution < -0.4 is 11.1 Å². The van der Waals surface area contributed by atoms with Gasteiger partial charge in [0.1, 0.15) is 5.82 Å². The van der Waals surface area contributed by atoms with E-state index >= 15 is 0 Å². The minimum absolute atomic E-state index is 0.106. The number of rotatable bonds is 4. The molecule has 100 valence electrons. The van der Waals surface area contributed by atoms with Gasteiger partial charge in [0.2, 0.25) is 0 Å². The highest BCUT2D eigenvalue weighted by Crippen LogP contribution is 2.22. The van der Waals surface area contributed by atoms with Gasteiger partial charge in [0.25, 0.3) is 5.91 Å². The summed E-state index contributed by atoms with van der Waals surface area (Å²) in [5, 5.41) is 4.62. The molecule has 0 aliphatic carbocycles. The van der Waals surface area contributed by atoms with Crippen molar-refractivity contribution in [3.8, 4) is 0 Å². The molecule has 1 aromatic carbocycles. The second kappa shape index (κ2) is 5.93. The number of pyridine rings is 1. The molecule has 0 radical (unpaired) electrons. The van der Waals surface area contributed by atoms with E-state index in [1.807, 2.05) is 37.4 Å². The number of hydrogen-bond acceptors (Lipinski definition) is 4. The number of hydrogen-bond donors (Lipinski definition) is 2. The fourth-order valence-corrected chi connectivity index (χ4v) is 2.57. The number of carbonyl (C=O) groups is 1. The first-order chi connectivity index (χ1) is 9.13. The number of nitrogen functional groups attached to an aromatic ring is 1. The molecule has 19 heavy (non-hydrogen) atoms. The Labute approximate surface area is 116 Å². The van der Waals surface area contributed by atoms with Gasteiger partial charge in [-0.15, -0.1) is 0 Å². The molecule has 0 bridgehead atoms. The third-order valence-electron chi connectivity index (χ3n) is 2.86. The molecule has 2 aromatic rings. The smallest absolute Gasteiger partial charge is 0.253 e. The molecular weight excluding hydrogens is 258 g/mol. The van der Waals surface area contributed by atoms with Crippen LogP contribution in [-0.2, 0) is 0 Å². The third-order valence-corrected chi connectivity index (χ3v) is 3.70. The van der Waals surface area contributed by atoms with E-state index < -0.39 is 0 Å². The second-order valence-electron chi connectivity index (χ2n) is 4.43. The van der Waals surface area contributed by atoms with E-state index in [4.69, 9.17) is 5.73 Å². The maximum atomic E-state index is 12.3. The van der Waals surface area contributed by atoms with Crippen molar-refractivity contribution >= 4 is 34.3 Å². The number of thioether (sulfide) groups is 1. The monoisotopic (exact) mass is 275 g/mol. The van der Waals surface area contributed by atoms with E-state index in [1.54, 1.807) is 18.0 Å². The number of nitrogens with two attached hydrogens (primary N) is 1. The fraction of sp³-hybridized carbons (Fsp3) is 0.286. The molecule has 5 heteroatoms. The van der Waals surface area contributed by atoms with Crippen LogP contribution in [0.25, 0.3) is 10.8 Å². The number of anilines is 1. The van der Waals surface area contributed by atoms with Gasteiger partial charge in [-0.2, -0.15) is 11.8 Å². The summed E-state index contributed by atoms with van der Waals surface area (Å²) in [4.78, 5) is 16.3. The molecule has 1 unspecified atom stereocenters. The molecule has 0 spiro atoms. The van der Waals surface area contributed by atoms with Crippen molar-refractivity contribution in [3.63, 3.8) is 0 Å². The highest BCUT2D eigenvalue weighted by Gasteiger charge is 2.14. The van der Waals surface area contributed by atoms with Crippen LogP contribution in [0.15, 0.2) is 30.5 Å². The first-order valence-corrected chi connectivity index (χ1v) is 7.46. The molecule has 0 aliphatic heterocycles. The molecule has 0 fully saturated rings. The van der Waals surface area contributed by atoms with E-state index in [9.17, 15) is 4.79 Å². The Morgan fingerprint density at radius 2 is 2.11 bits per heavy atom. The Morgan fingerprint density at radius 1 is 1.42 bits per heavy atom. The van der Waals surface area contributed by atoms with Crippen LogP contribution in [-0.4, -0.2) is 28.9 Å². The van der Waals surface area contributed by atoms with E-state index in [0.717, 1.165) is 16.5 Å². The largest absolute Gasteiger partial charge is 0.383 e. The average molecular weight is 275 g/mol. The molecule has 1 heterocycles. The van der Waals surface area contributed by atoms with Gasteiger partial charge in [-0.25, -0.2) is 4.98 Å². The first kappa shape index (κ1) is 13.7. The maximum Gasteiger partial charge on any atom is 0.253 e. The summed E-state index contributed by atoms with van der Waals surface area (Å²) in [7, 11) is 0. The predicted molar refractivity (Wildman–Crippen MR) is 81.5 cm³/mol. The zero-order valence-electron chi connectivity index (χ0n) is 11.0. The van der Waals surface area contributed by atoms with Crippen molar-refractivity contribution in [2.75, 3.05) is 17.7 Å². The third kappa shape index (κ3) is 2.98. The van der Waals surface area contributed by atoms with Gasteiger partial charge < -0.3 is 11.1 Å². The van der Waals surface area contributed by atoms with Crippen molar-refractivity contribution in [2.45, 2.75) is 13.0 Å². The summed E-state index contributed by atoms with van der Waals surface area (Å²) >= 11 is 1.70. The molecule has 3 N–H and O–H groups in total. The quantitative estimate of drug-likeness (QED) is 0.898. The van der Waals surface area contributed by atoms with Crippen molar-refractivity contribution in [3.05, 3.63) is 36.0 Å². The lowest BCUT2D eigenvalue weighted by Crippen LogP contribution is -2.34. The standard InChI is InChI=1S/C14H17N3OS/c1-9(8-19-2)17-14(18)12-7-16-13(15)11-6-4-3-5-10(11)12/h3-7,9H,8H2,1-2H3,(H2,15,16)(H,17,18). The molecular formula is C14H17N3OS. The zero-order valence-corrected chi connectivity index (χ0v) is 11.8. The van der Waals surface area contributed by atoms with Crippen molar-refractivity contribution < 1.29 is 4.79 Å². The summed E-state index contributed by atoms with van der Waals surface area (Å²) < 4.78 is 0. The number of amides is 1. The van der Waals surface area contributed by atoms with Crippen LogP contribution in [0.3, 0.4) is 0 Å². The van der Waals surface area contributed by atoms with Crippen molar-refractivity contribution in [1.82, 2.24) is 10.3 Å². The van der Waals surface area contributed by atoms with Crippen LogP contribution >= 0.6 is 11.8 Å². The van der Waals surface area contributed by atoms with Gasteiger partial charge in [-0.1, -0.05) is 24.3 Å².